The Hall–Kier alpha value is -2.54. The molecule has 1 amide bonds. The highest BCUT2D eigenvalue weighted by atomic mass is 32.1. The molecule has 0 aliphatic heterocycles. The Morgan fingerprint density at radius 3 is 2.91 bits per heavy atom. The zero-order valence-corrected chi connectivity index (χ0v) is 13.4. The molecule has 1 N–H and O–H groups in total. The molecule has 3 rings (SSSR count). The van der Waals surface area contributed by atoms with Gasteiger partial charge in [0.15, 0.2) is 10.8 Å². The van der Waals surface area contributed by atoms with Gasteiger partial charge in [-0.3, -0.25) is 4.79 Å². The van der Waals surface area contributed by atoms with E-state index in [-0.39, 0.29) is 11.9 Å². The van der Waals surface area contributed by atoms with Crippen LogP contribution in [0.3, 0.4) is 0 Å². The van der Waals surface area contributed by atoms with Crippen LogP contribution in [0.2, 0.25) is 0 Å². The van der Waals surface area contributed by atoms with Crippen LogP contribution in [-0.2, 0) is 6.42 Å². The average Bonchev–Trinajstić information content (AvgIpc) is 3.25. The molecule has 3 aromatic rings. The Bertz CT molecular complexity index is 756. The first-order valence-corrected chi connectivity index (χ1v) is 8.16. The Morgan fingerprint density at radius 1 is 1.35 bits per heavy atom. The molecule has 0 spiro atoms. The van der Waals surface area contributed by atoms with Gasteiger partial charge in [-0.15, -0.1) is 11.3 Å². The summed E-state index contributed by atoms with van der Waals surface area (Å²) >= 11 is 1.36. The first kappa shape index (κ1) is 15.4. The van der Waals surface area contributed by atoms with Gasteiger partial charge in [0.2, 0.25) is 0 Å². The number of carbonyl (C=O) groups excluding carboxylic acids is 1. The minimum Gasteiger partial charge on any atom is -0.469 e. The molecule has 0 saturated heterocycles. The minimum atomic E-state index is -0.185. The molecule has 0 aliphatic carbocycles. The molecule has 0 bridgehead atoms. The smallest absolute Gasteiger partial charge is 0.270 e. The Kier molecular flexibility index (Phi) is 4.77. The van der Waals surface area contributed by atoms with Crippen molar-refractivity contribution in [2.45, 2.75) is 25.8 Å². The fraction of sp³-hybridized carbons (Fsp3) is 0.250. The van der Waals surface area contributed by atoms with Crippen LogP contribution in [0.15, 0.2) is 46.7 Å². The van der Waals surface area contributed by atoms with Gasteiger partial charge >= 0.3 is 0 Å². The number of thiazole rings is 1. The highest BCUT2D eigenvalue weighted by Crippen LogP contribution is 2.19. The molecule has 0 radical (unpaired) electrons. The van der Waals surface area contributed by atoms with Crippen LogP contribution in [-0.4, -0.2) is 26.9 Å². The van der Waals surface area contributed by atoms with Crippen LogP contribution in [0.1, 0.15) is 29.6 Å². The molecule has 7 heteroatoms. The monoisotopic (exact) mass is 328 g/mol. The number of carbonyl (C=O) groups is 1. The van der Waals surface area contributed by atoms with E-state index in [2.05, 4.69) is 20.3 Å². The van der Waals surface area contributed by atoms with Crippen LogP contribution >= 0.6 is 11.3 Å². The van der Waals surface area contributed by atoms with Crippen LogP contribution in [0.25, 0.3) is 10.8 Å². The molecular formula is C16H16N4O2S. The fourth-order valence-electron chi connectivity index (χ4n) is 2.07. The summed E-state index contributed by atoms with van der Waals surface area (Å²) in [4.78, 5) is 24.8. The summed E-state index contributed by atoms with van der Waals surface area (Å²) < 4.78 is 5.29. The summed E-state index contributed by atoms with van der Waals surface area (Å²) in [5.41, 5.74) is 0.391. The third-order valence-electron chi connectivity index (χ3n) is 3.28. The van der Waals surface area contributed by atoms with Crippen molar-refractivity contribution in [1.29, 1.82) is 0 Å². The molecule has 6 nitrogen and oxygen atoms in total. The van der Waals surface area contributed by atoms with Crippen molar-refractivity contribution in [3.63, 3.8) is 0 Å². The van der Waals surface area contributed by atoms with Crippen molar-refractivity contribution in [3.05, 3.63) is 53.7 Å². The van der Waals surface area contributed by atoms with E-state index in [9.17, 15) is 4.79 Å². The standard InChI is InChI=1S/C16H16N4O2S/c1-11(5-6-12-4-2-9-22-12)19-15(21)13-10-23-16(20-13)14-17-7-3-8-18-14/h2-4,7-11H,5-6H2,1H3,(H,19,21). The van der Waals surface area contributed by atoms with Gasteiger partial charge in [0.05, 0.1) is 6.26 Å². The molecule has 1 atom stereocenters. The topological polar surface area (TPSA) is 80.9 Å². The fourth-order valence-corrected chi connectivity index (χ4v) is 2.82. The Labute approximate surface area is 137 Å². The lowest BCUT2D eigenvalue weighted by Crippen LogP contribution is -2.33. The normalized spacial score (nSPS) is 12.0. The first-order chi connectivity index (χ1) is 11.2. The second-order valence-corrected chi connectivity index (χ2v) is 5.96. The number of nitrogens with zero attached hydrogens (tertiary/aromatic N) is 3. The Balaban J connectivity index is 1.57. The molecule has 1 unspecified atom stereocenters. The molecule has 3 heterocycles. The first-order valence-electron chi connectivity index (χ1n) is 7.28. The lowest BCUT2D eigenvalue weighted by atomic mass is 10.1. The van der Waals surface area contributed by atoms with Crippen molar-refractivity contribution in [1.82, 2.24) is 20.3 Å². The van der Waals surface area contributed by atoms with E-state index in [1.807, 2.05) is 19.1 Å². The largest absolute Gasteiger partial charge is 0.469 e. The number of amides is 1. The van der Waals surface area contributed by atoms with Crippen molar-refractivity contribution in [3.8, 4) is 10.8 Å². The minimum absolute atomic E-state index is 0.0331. The van der Waals surface area contributed by atoms with Crippen LogP contribution < -0.4 is 5.32 Å². The average molecular weight is 328 g/mol. The maximum atomic E-state index is 12.2. The zero-order chi connectivity index (χ0) is 16.1. The predicted octanol–water partition coefficient (Wildman–Crippen LogP) is 2.94. The van der Waals surface area contributed by atoms with E-state index in [0.29, 0.717) is 16.5 Å². The van der Waals surface area contributed by atoms with Crippen LogP contribution in [0.5, 0.6) is 0 Å². The number of aryl methyl sites for hydroxylation is 1. The molecule has 0 fully saturated rings. The Morgan fingerprint density at radius 2 is 2.17 bits per heavy atom. The number of nitrogens with one attached hydrogen (secondary N) is 1. The third kappa shape index (κ3) is 4.01. The van der Waals surface area contributed by atoms with Gasteiger partial charge in [-0.05, 0) is 31.5 Å². The van der Waals surface area contributed by atoms with Gasteiger partial charge in [0.1, 0.15) is 11.5 Å². The molecular weight excluding hydrogens is 312 g/mol. The van der Waals surface area contributed by atoms with Crippen molar-refractivity contribution < 1.29 is 9.21 Å². The second-order valence-electron chi connectivity index (χ2n) is 5.10. The third-order valence-corrected chi connectivity index (χ3v) is 4.11. The van der Waals surface area contributed by atoms with E-state index in [4.69, 9.17) is 4.42 Å². The lowest BCUT2D eigenvalue weighted by Gasteiger charge is -2.11. The van der Waals surface area contributed by atoms with Gasteiger partial charge in [0, 0.05) is 30.2 Å². The number of furan rings is 1. The maximum absolute atomic E-state index is 12.2. The van der Waals surface area contributed by atoms with Gasteiger partial charge in [-0.2, -0.15) is 0 Å². The number of rotatable bonds is 6. The van der Waals surface area contributed by atoms with Crippen molar-refractivity contribution in [2.75, 3.05) is 0 Å². The molecule has 118 valence electrons. The summed E-state index contributed by atoms with van der Waals surface area (Å²) in [5, 5.41) is 5.31. The van der Waals surface area contributed by atoms with Gasteiger partial charge in [-0.1, -0.05) is 0 Å². The lowest BCUT2D eigenvalue weighted by molar-refractivity contribution is 0.0934. The second kappa shape index (κ2) is 7.15. The molecule has 3 aromatic heterocycles. The molecule has 23 heavy (non-hydrogen) atoms. The summed E-state index contributed by atoms with van der Waals surface area (Å²) in [7, 11) is 0. The summed E-state index contributed by atoms with van der Waals surface area (Å²) in [6.45, 7) is 1.97. The molecule has 0 aliphatic rings. The quantitative estimate of drug-likeness (QED) is 0.752. The van der Waals surface area contributed by atoms with E-state index in [1.165, 1.54) is 11.3 Å². The van der Waals surface area contributed by atoms with E-state index >= 15 is 0 Å². The molecule has 0 aromatic carbocycles. The molecule has 0 saturated carbocycles. The van der Waals surface area contributed by atoms with Gasteiger partial charge in [-0.25, -0.2) is 15.0 Å². The number of hydrogen-bond acceptors (Lipinski definition) is 6. The highest BCUT2D eigenvalue weighted by Gasteiger charge is 2.15. The number of aromatic nitrogens is 3. The SMILES string of the molecule is CC(CCc1ccco1)NC(=O)c1csc(-c2ncccn2)n1. The van der Waals surface area contributed by atoms with E-state index in [0.717, 1.165) is 18.6 Å². The van der Waals surface area contributed by atoms with Gasteiger partial charge < -0.3 is 9.73 Å². The van der Waals surface area contributed by atoms with E-state index < -0.39 is 0 Å². The van der Waals surface area contributed by atoms with E-state index in [1.54, 1.807) is 30.1 Å². The summed E-state index contributed by atoms with van der Waals surface area (Å²) in [5.74, 6) is 1.26. The summed E-state index contributed by atoms with van der Waals surface area (Å²) in [6, 6.07) is 5.57. The van der Waals surface area contributed by atoms with Crippen LogP contribution in [0, 0.1) is 0 Å². The predicted molar refractivity (Wildman–Crippen MR) is 87.1 cm³/mol. The maximum Gasteiger partial charge on any atom is 0.270 e. The summed E-state index contributed by atoms with van der Waals surface area (Å²) in [6.07, 6.45) is 6.55. The zero-order valence-electron chi connectivity index (χ0n) is 12.6. The van der Waals surface area contributed by atoms with Crippen molar-refractivity contribution in [2.24, 2.45) is 0 Å². The van der Waals surface area contributed by atoms with Crippen molar-refractivity contribution >= 4 is 17.2 Å². The van der Waals surface area contributed by atoms with Gasteiger partial charge in [0.25, 0.3) is 5.91 Å². The highest BCUT2D eigenvalue weighted by molar-refractivity contribution is 7.13. The number of hydrogen-bond donors (Lipinski definition) is 1. The van der Waals surface area contributed by atoms with Crippen LogP contribution in [0.4, 0.5) is 0 Å².